The number of ether oxygens (including phenoxy) is 1. The number of para-hydroxylation sites is 1. The molecular formula is C19H28O6. The molecule has 1 aromatic carbocycles. The van der Waals surface area contributed by atoms with Crippen LogP contribution in [-0.4, -0.2) is 28.1 Å². The van der Waals surface area contributed by atoms with E-state index in [2.05, 4.69) is 0 Å². The van der Waals surface area contributed by atoms with Crippen LogP contribution in [0.15, 0.2) is 24.3 Å². The van der Waals surface area contributed by atoms with Gasteiger partial charge < -0.3 is 14.9 Å². The fraction of sp³-hybridized carbons (Fsp3) is 0.526. The number of hydrogen-bond donors (Lipinski definition) is 2. The third kappa shape index (κ3) is 13.7. The van der Waals surface area contributed by atoms with Crippen molar-refractivity contribution in [3.8, 4) is 5.75 Å². The van der Waals surface area contributed by atoms with E-state index in [-0.39, 0.29) is 18.8 Å². The van der Waals surface area contributed by atoms with Gasteiger partial charge in [0.1, 0.15) is 5.75 Å². The molecule has 0 aromatic heterocycles. The van der Waals surface area contributed by atoms with Crippen LogP contribution in [0.5, 0.6) is 5.75 Å². The van der Waals surface area contributed by atoms with Crippen LogP contribution in [0.2, 0.25) is 0 Å². The summed E-state index contributed by atoms with van der Waals surface area (Å²) < 4.78 is 5.00. The molecule has 1 aromatic rings. The largest absolute Gasteiger partial charge is 0.481 e. The molecule has 0 radical (unpaired) electrons. The summed E-state index contributed by atoms with van der Waals surface area (Å²) in [4.78, 5) is 30.9. The van der Waals surface area contributed by atoms with Crippen molar-refractivity contribution in [2.45, 2.75) is 65.2 Å². The Morgan fingerprint density at radius 2 is 1.36 bits per heavy atom. The third-order valence-electron chi connectivity index (χ3n) is 3.39. The van der Waals surface area contributed by atoms with E-state index >= 15 is 0 Å². The summed E-state index contributed by atoms with van der Waals surface area (Å²) in [6, 6.07) is 7.56. The van der Waals surface area contributed by atoms with Crippen molar-refractivity contribution in [2.75, 3.05) is 0 Å². The average molecular weight is 352 g/mol. The minimum atomic E-state index is -0.759. The van der Waals surface area contributed by atoms with Crippen molar-refractivity contribution in [1.29, 1.82) is 0 Å². The lowest BCUT2D eigenvalue weighted by Gasteiger charge is -2.05. The highest BCUT2D eigenvalue weighted by atomic mass is 16.5. The Morgan fingerprint density at radius 1 is 0.880 bits per heavy atom. The van der Waals surface area contributed by atoms with Gasteiger partial charge in [0, 0.05) is 19.8 Å². The van der Waals surface area contributed by atoms with Crippen molar-refractivity contribution in [2.24, 2.45) is 0 Å². The second-order valence-electron chi connectivity index (χ2n) is 5.61. The van der Waals surface area contributed by atoms with Crippen LogP contribution in [0.4, 0.5) is 0 Å². The molecule has 0 spiro atoms. The highest BCUT2D eigenvalue weighted by molar-refractivity contribution is 5.69. The van der Waals surface area contributed by atoms with Crippen LogP contribution < -0.4 is 4.74 Å². The predicted octanol–water partition coefficient (Wildman–Crippen LogP) is 4.06. The molecule has 0 bridgehead atoms. The quantitative estimate of drug-likeness (QED) is 0.374. The second-order valence-corrected chi connectivity index (χ2v) is 5.61. The first kappa shape index (κ1) is 22.6. The molecule has 0 fully saturated rings. The predicted molar refractivity (Wildman–Crippen MR) is 94.7 cm³/mol. The van der Waals surface area contributed by atoms with Gasteiger partial charge in [0.2, 0.25) is 0 Å². The number of hydrogen-bond acceptors (Lipinski definition) is 4. The fourth-order valence-corrected chi connectivity index (χ4v) is 2.13. The molecule has 0 aliphatic carbocycles. The van der Waals surface area contributed by atoms with Crippen molar-refractivity contribution >= 4 is 17.9 Å². The molecule has 0 aliphatic rings. The molecule has 1 rings (SSSR count). The summed E-state index contributed by atoms with van der Waals surface area (Å²) in [5, 5.41) is 16.6. The van der Waals surface area contributed by atoms with Crippen LogP contribution >= 0.6 is 0 Å². The second kappa shape index (κ2) is 14.0. The average Bonchev–Trinajstić information content (AvgIpc) is 2.54. The number of carboxylic acids is 2. The number of unbranched alkanes of at least 4 members (excludes halogenated alkanes) is 4. The Balaban J connectivity index is 0.000000462. The minimum absolute atomic E-state index is 0.221. The number of carboxylic acid groups (broad SMARTS) is 2. The Labute approximate surface area is 148 Å². The number of carbonyl (C=O) groups is 3. The van der Waals surface area contributed by atoms with Gasteiger partial charge in [-0.1, -0.05) is 44.4 Å². The molecule has 0 saturated carbocycles. The first-order valence-electron chi connectivity index (χ1n) is 8.56. The number of aryl methyl sites for hydroxylation is 1. The normalized spacial score (nSPS) is 9.68. The maximum atomic E-state index is 10.7. The van der Waals surface area contributed by atoms with E-state index in [0.717, 1.165) is 31.2 Å². The van der Waals surface area contributed by atoms with Gasteiger partial charge >= 0.3 is 17.9 Å². The van der Waals surface area contributed by atoms with Crippen LogP contribution in [0.1, 0.15) is 64.4 Å². The molecule has 25 heavy (non-hydrogen) atoms. The summed E-state index contributed by atoms with van der Waals surface area (Å²) in [7, 11) is 0. The first-order valence-corrected chi connectivity index (χ1v) is 8.56. The standard InChI is InChI=1S/C10H12O2.C9H16O4/c1-3-9-6-4-5-7-10(9)12-8(2)11;10-8(11)6-4-2-1-3-5-7-9(12)13/h4-7H,3H2,1-2H3;1-7H2,(H,10,11)(H,12,13). The topological polar surface area (TPSA) is 101 Å². The summed E-state index contributed by atoms with van der Waals surface area (Å²) >= 11 is 0. The zero-order valence-corrected chi connectivity index (χ0v) is 15.0. The molecule has 140 valence electrons. The van der Waals surface area contributed by atoms with E-state index in [1.807, 2.05) is 25.1 Å². The SMILES string of the molecule is CCc1ccccc1OC(C)=O.O=C(O)CCCCCCCC(=O)O. The number of rotatable bonds is 10. The zero-order valence-electron chi connectivity index (χ0n) is 15.0. The van der Waals surface area contributed by atoms with Crippen LogP contribution in [0, 0.1) is 0 Å². The smallest absolute Gasteiger partial charge is 0.308 e. The summed E-state index contributed by atoms with van der Waals surface area (Å²) in [5.74, 6) is -1.11. The number of benzene rings is 1. The van der Waals surface area contributed by atoms with Crippen LogP contribution in [0.3, 0.4) is 0 Å². The molecule has 0 unspecified atom stereocenters. The molecule has 2 N–H and O–H groups in total. The van der Waals surface area contributed by atoms with Gasteiger partial charge in [0.15, 0.2) is 0 Å². The third-order valence-corrected chi connectivity index (χ3v) is 3.39. The Morgan fingerprint density at radius 3 is 1.80 bits per heavy atom. The highest BCUT2D eigenvalue weighted by Crippen LogP contribution is 2.18. The lowest BCUT2D eigenvalue weighted by atomic mass is 10.1. The van der Waals surface area contributed by atoms with Crippen molar-refractivity contribution in [1.82, 2.24) is 0 Å². The maximum absolute atomic E-state index is 10.7. The van der Waals surface area contributed by atoms with E-state index in [1.54, 1.807) is 6.07 Å². The van der Waals surface area contributed by atoms with Crippen molar-refractivity contribution < 1.29 is 29.3 Å². The molecule has 0 amide bonds. The van der Waals surface area contributed by atoms with Crippen molar-refractivity contribution in [3.63, 3.8) is 0 Å². The van der Waals surface area contributed by atoms with E-state index in [4.69, 9.17) is 14.9 Å². The molecule has 0 atom stereocenters. The lowest BCUT2D eigenvalue weighted by molar-refractivity contribution is -0.138. The molecule has 0 aliphatic heterocycles. The van der Waals surface area contributed by atoms with E-state index in [0.29, 0.717) is 18.6 Å². The monoisotopic (exact) mass is 352 g/mol. The number of aliphatic carboxylic acids is 2. The summed E-state index contributed by atoms with van der Waals surface area (Å²) in [6.07, 6.45) is 5.41. The minimum Gasteiger partial charge on any atom is -0.481 e. The van der Waals surface area contributed by atoms with Crippen LogP contribution in [-0.2, 0) is 20.8 Å². The molecule has 6 nitrogen and oxygen atoms in total. The summed E-state index contributed by atoms with van der Waals surface area (Å²) in [6.45, 7) is 3.44. The Bertz CT molecular complexity index is 520. The van der Waals surface area contributed by atoms with Gasteiger partial charge in [-0.2, -0.15) is 0 Å². The van der Waals surface area contributed by atoms with E-state index < -0.39 is 11.9 Å². The molecular weight excluding hydrogens is 324 g/mol. The molecule has 0 saturated heterocycles. The first-order chi connectivity index (χ1) is 11.9. The van der Waals surface area contributed by atoms with Gasteiger partial charge in [-0.05, 0) is 30.9 Å². The van der Waals surface area contributed by atoms with Crippen LogP contribution in [0.25, 0.3) is 0 Å². The number of carbonyl (C=O) groups excluding carboxylic acids is 1. The van der Waals surface area contributed by atoms with Gasteiger partial charge in [0.05, 0.1) is 0 Å². The van der Waals surface area contributed by atoms with E-state index in [9.17, 15) is 14.4 Å². The number of esters is 1. The Hall–Kier alpha value is -2.37. The zero-order chi connectivity index (χ0) is 19.1. The fourth-order valence-electron chi connectivity index (χ4n) is 2.13. The van der Waals surface area contributed by atoms with Gasteiger partial charge in [-0.15, -0.1) is 0 Å². The van der Waals surface area contributed by atoms with Crippen molar-refractivity contribution in [3.05, 3.63) is 29.8 Å². The Kier molecular flexibility index (Phi) is 12.7. The van der Waals surface area contributed by atoms with Gasteiger partial charge in [0.25, 0.3) is 0 Å². The van der Waals surface area contributed by atoms with E-state index in [1.165, 1.54) is 6.92 Å². The summed E-state index contributed by atoms with van der Waals surface area (Å²) in [5.41, 5.74) is 1.06. The molecule has 6 heteroatoms. The lowest BCUT2D eigenvalue weighted by Crippen LogP contribution is -2.03. The maximum Gasteiger partial charge on any atom is 0.308 e. The van der Waals surface area contributed by atoms with Gasteiger partial charge in [-0.25, -0.2) is 0 Å². The van der Waals surface area contributed by atoms with Gasteiger partial charge in [-0.3, -0.25) is 14.4 Å². The highest BCUT2D eigenvalue weighted by Gasteiger charge is 2.02. The molecule has 0 heterocycles.